The first kappa shape index (κ1) is 17.8. The highest BCUT2D eigenvalue weighted by molar-refractivity contribution is 6.14. The number of non-ortho nitro benzene ring substituents is 1. The Morgan fingerprint density at radius 1 is 1.25 bits per heavy atom. The van der Waals surface area contributed by atoms with Crippen molar-refractivity contribution in [3.63, 3.8) is 0 Å². The number of rotatable bonds is 2. The van der Waals surface area contributed by atoms with Crippen molar-refractivity contribution in [2.45, 2.75) is 19.4 Å². The summed E-state index contributed by atoms with van der Waals surface area (Å²) < 4.78 is 11.0. The van der Waals surface area contributed by atoms with Crippen molar-refractivity contribution < 1.29 is 19.2 Å². The Morgan fingerprint density at radius 3 is 2.57 bits per heavy atom. The zero-order valence-corrected chi connectivity index (χ0v) is 15.3. The van der Waals surface area contributed by atoms with E-state index in [1.54, 1.807) is 19.2 Å². The number of amides is 2. The van der Waals surface area contributed by atoms with Crippen LogP contribution in [0, 0.1) is 10.1 Å². The second kappa shape index (κ2) is 6.84. The van der Waals surface area contributed by atoms with Crippen LogP contribution in [0.25, 0.3) is 0 Å². The minimum atomic E-state index is -0.455. The predicted molar refractivity (Wildman–Crippen MR) is 101 cm³/mol. The van der Waals surface area contributed by atoms with Gasteiger partial charge in [0.25, 0.3) is 5.69 Å². The van der Waals surface area contributed by atoms with Crippen molar-refractivity contribution in [3.05, 3.63) is 63.2 Å². The Bertz CT molecular complexity index is 987. The standard InChI is InChI=1S/C19H18N4O5/c1-11-7-13-8-16-17(28-10-27-16)9-15(13)18(21-22(11)19(24)20-2)12-3-5-14(6-4-12)23(25)26/h3-6,8-9,11H,7,10H2,1-2H3,(H,20,24)/t11-/m1/s1. The molecule has 9 nitrogen and oxygen atoms in total. The first-order chi connectivity index (χ1) is 13.5. The smallest absolute Gasteiger partial charge is 0.337 e. The lowest BCUT2D eigenvalue weighted by Crippen LogP contribution is -2.41. The molecule has 0 spiro atoms. The predicted octanol–water partition coefficient (Wildman–Crippen LogP) is 2.66. The van der Waals surface area contributed by atoms with Gasteiger partial charge in [0, 0.05) is 30.3 Å². The average Bonchev–Trinajstić information content (AvgIpc) is 3.09. The molecule has 0 bridgehead atoms. The summed E-state index contributed by atoms with van der Waals surface area (Å²) in [5.41, 5.74) is 2.95. The molecule has 0 fully saturated rings. The van der Waals surface area contributed by atoms with Crippen LogP contribution in [0.5, 0.6) is 11.5 Å². The van der Waals surface area contributed by atoms with Gasteiger partial charge in [0.15, 0.2) is 11.5 Å². The molecule has 2 heterocycles. The molecule has 144 valence electrons. The fourth-order valence-corrected chi connectivity index (χ4v) is 3.35. The van der Waals surface area contributed by atoms with Crippen molar-refractivity contribution in [1.29, 1.82) is 0 Å². The van der Waals surface area contributed by atoms with E-state index in [0.29, 0.717) is 29.2 Å². The highest BCUT2D eigenvalue weighted by atomic mass is 16.7. The monoisotopic (exact) mass is 382 g/mol. The Kier molecular flexibility index (Phi) is 4.34. The molecule has 28 heavy (non-hydrogen) atoms. The van der Waals surface area contributed by atoms with Crippen molar-refractivity contribution in [1.82, 2.24) is 10.3 Å². The van der Waals surface area contributed by atoms with Gasteiger partial charge in [-0.3, -0.25) is 10.1 Å². The molecule has 2 aliphatic rings. The zero-order chi connectivity index (χ0) is 19.8. The van der Waals surface area contributed by atoms with Gasteiger partial charge in [-0.05, 0) is 43.2 Å². The van der Waals surface area contributed by atoms with E-state index in [2.05, 4.69) is 10.4 Å². The summed E-state index contributed by atoms with van der Waals surface area (Å²) in [5, 5.41) is 19.6. The largest absolute Gasteiger partial charge is 0.454 e. The molecule has 2 amide bonds. The van der Waals surface area contributed by atoms with Gasteiger partial charge >= 0.3 is 6.03 Å². The van der Waals surface area contributed by atoms with E-state index in [1.807, 2.05) is 19.1 Å². The van der Waals surface area contributed by atoms with Crippen LogP contribution < -0.4 is 14.8 Å². The lowest BCUT2D eigenvalue weighted by molar-refractivity contribution is -0.384. The van der Waals surface area contributed by atoms with E-state index in [9.17, 15) is 14.9 Å². The minimum Gasteiger partial charge on any atom is -0.454 e. The lowest BCUT2D eigenvalue weighted by atomic mass is 9.94. The molecule has 2 aliphatic heterocycles. The van der Waals surface area contributed by atoms with E-state index in [0.717, 1.165) is 11.1 Å². The molecular weight excluding hydrogens is 364 g/mol. The van der Waals surface area contributed by atoms with Crippen LogP contribution in [-0.4, -0.2) is 41.6 Å². The van der Waals surface area contributed by atoms with Crippen LogP contribution in [0.1, 0.15) is 23.6 Å². The van der Waals surface area contributed by atoms with Gasteiger partial charge in [-0.1, -0.05) is 0 Å². The third-order valence-corrected chi connectivity index (χ3v) is 4.77. The van der Waals surface area contributed by atoms with Crippen molar-refractivity contribution in [3.8, 4) is 11.5 Å². The molecule has 4 rings (SSSR count). The SMILES string of the molecule is CNC(=O)N1N=C(c2ccc([N+](=O)[O-])cc2)c2cc3c(cc2C[C@H]1C)OCO3. The number of hydrogen-bond donors (Lipinski definition) is 1. The van der Waals surface area contributed by atoms with Gasteiger partial charge < -0.3 is 14.8 Å². The number of urea groups is 1. The summed E-state index contributed by atoms with van der Waals surface area (Å²) in [5.74, 6) is 1.26. The number of carbonyl (C=O) groups is 1. The van der Waals surface area contributed by atoms with Crippen LogP contribution in [0.4, 0.5) is 10.5 Å². The number of nitro groups is 1. The first-order valence-corrected chi connectivity index (χ1v) is 8.75. The molecule has 2 aromatic carbocycles. The van der Waals surface area contributed by atoms with Gasteiger partial charge in [-0.15, -0.1) is 0 Å². The van der Waals surface area contributed by atoms with Crippen LogP contribution in [-0.2, 0) is 6.42 Å². The van der Waals surface area contributed by atoms with Crippen molar-refractivity contribution in [2.75, 3.05) is 13.8 Å². The number of ether oxygens (including phenoxy) is 2. The number of carbonyl (C=O) groups excluding carboxylic acids is 1. The van der Waals surface area contributed by atoms with E-state index >= 15 is 0 Å². The van der Waals surface area contributed by atoms with E-state index in [1.165, 1.54) is 17.1 Å². The fourth-order valence-electron chi connectivity index (χ4n) is 3.35. The second-order valence-corrected chi connectivity index (χ2v) is 6.57. The Labute approximate surface area is 160 Å². The van der Waals surface area contributed by atoms with E-state index in [-0.39, 0.29) is 24.6 Å². The van der Waals surface area contributed by atoms with Crippen LogP contribution in [0.15, 0.2) is 41.5 Å². The maximum atomic E-state index is 12.4. The highest BCUT2D eigenvalue weighted by Gasteiger charge is 2.29. The molecule has 0 saturated carbocycles. The molecule has 0 saturated heterocycles. The topological polar surface area (TPSA) is 106 Å². The molecule has 0 unspecified atom stereocenters. The lowest BCUT2D eigenvalue weighted by Gasteiger charge is -2.22. The Morgan fingerprint density at radius 2 is 1.93 bits per heavy atom. The molecule has 0 radical (unpaired) electrons. The molecule has 0 aliphatic carbocycles. The number of nitrogens with one attached hydrogen (secondary N) is 1. The van der Waals surface area contributed by atoms with E-state index < -0.39 is 4.92 Å². The number of nitro benzene ring substituents is 1. The van der Waals surface area contributed by atoms with Gasteiger partial charge in [-0.25, -0.2) is 9.80 Å². The fraction of sp³-hybridized carbons (Fsp3) is 0.263. The summed E-state index contributed by atoms with van der Waals surface area (Å²) in [7, 11) is 1.55. The van der Waals surface area contributed by atoms with E-state index in [4.69, 9.17) is 9.47 Å². The maximum Gasteiger partial charge on any atom is 0.337 e. The third kappa shape index (κ3) is 3.00. The highest BCUT2D eigenvalue weighted by Crippen LogP contribution is 2.37. The van der Waals surface area contributed by atoms with Gasteiger partial charge in [0.1, 0.15) is 0 Å². The molecule has 2 aromatic rings. The van der Waals surface area contributed by atoms with Crippen LogP contribution in [0.3, 0.4) is 0 Å². The first-order valence-electron chi connectivity index (χ1n) is 8.75. The molecule has 9 heteroatoms. The van der Waals surface area contributed by atoms with Crippen molar-refractivity contribution >= 4 is 17.4 Å². The summed E-state index contributed by atoms with van der Waals surface area (Å²) in [6.07, 6.45) is 0.569. The number of fused-ring (bicyclic) bond motifs is 2. The number of nitrogens with zero attached hydrogens (tertiary/aromatic N) is 3. The number of hydrogen-bond acceptors (Lipinski definition) is 6. The third-order valence-electron chi connectivity index (χ3n) is 4.77. The average molecular weight is 382 g/mol. The van der Waals surface area contributed by atoms with Gasteiger partial charge in [0.2, 0.25) is 6.79 Å². The minimum absolute atomic E-state index is 0.0135. The summed E-state index contributed by atoms with van der Waals surface area (Å²) in [6, 6.07) is 9.31. The maximum absolute atomic E-state index is 12.4. The van der Waals surface area contributed by atoms with Gasteiger partial charge in [0.05, 0.1) is 16.7 Å². The molecular formula is C19H18N4O5. The van der Waals surface area contributed by atoms with Gasteiger partial charge in [-0.2, -0.15) is 5.10 Å². The van der Waals surface area contributed by atoms with Crippen molar-refractivity contribution in [2.24, 2.45) is 5.10 Å². The Balaban J connectivity index is 1.88. The molecule has 0 aromatic heterocycles. The summed E-state index contributed by atoms with van der Waals surface area (Å²) in [6.45, 7) is 2.06. The number of benzene rings is 2. The molecule has 1 N–H and O–H groups in total. The van der Waals surface area contributed by atoms with Crippen LogP contribution in [0.2, 0.25) is 0 Å². The number of hydrazone groups is 1. The van der Waals surface area contributed by atoms with Crippen LogP contribution >= 0.6 is 0 Å². The zero-order valence-electron chi connectivity index (χ0n) is 15.3. The molecule has 1 atom stereocenters. The summed E-state index contributed by atoms with van der Waals surface area (Å²) >= 11 is 0. The second-order valence-electron chi connectivity index (χ2n) is 6.57. The normalized spacial score (nSPS) is 17.4. The summed E-state index contributed by atoms with van der Waals surface area (Å²) in [4.78, 5) is 22.9. The quantitative estimate of drug-likeness (QED) is 0.635. The Hall–Kier alpha value is -3.62.